The maximum absolute atomic E-state index is 13.1. The summed E-state index contributed by atoms with van der Waals surface area (Å²) in [4.78, 5) is 10.3. The van der Waals surface area contributed by atoms with E-state index in [1.807, 2.05) is 0 Å². The second-order valence-corrected chi connectivity index (χ2v) is 2.91. The van der Waals surface area contributed by atoms with Gasteiger partial charge in [-0.15, -0.1) is 0 Å². The third-order valence-electron chi connectivity index (χ3n) is 1.77. The molecule has 14 heavy (non-hydrogen) atoms. The minimum absolute atomic E-state index is 0.00685. The van der Waals surface area contributed by atoms with Crippen LogP contribution in [0.2, 0.25) is 0 Å². The largest absolute Gasteiger partial charge is 0.508 e. The Morgan fingerprint density at radius 3 is 2.79 bits per heavy atom. The van der Waals surface area contributed by atoms with Crippen molar-refractivity contribution in [3.8, 4) is 5.75 Å². The molecule has 1 aromatic carbocycles. The highest BCUT2D eigenvalue weighted by atomic mass is 19.1. The van der Waals surface area contributed by atoms with E-state index in [4.69, 9.17) is 15.9 Å². The molecule has 0 heterocycles. The SMILES string of the molecule is NC(CC(=O)O)c1cc(O)ccc1F. The van der Waals surface area contributed by atoms with Crippen LogP contribution in [-0.2, 0) is 4.79 Å². The van der Waals surface area contributed by atoms with E-state index in [0.717, 1.165) is 12.1 Å². The Hall–Kier alpha value is -1.62. The Morgan fingerprint density at radius 1 is 1.57 bits per heavy atom. The molecule has 0 amide bonds. The van der Waals surface area contributed by atoms with Crippen molar-refractivity contribution in [2.75, 3.05) is 0 Å². The predicted octanol–water partition coefficient (Wildman–Crippen LogP) is 1.01. The Labute approximate surface area is 79.8 Å². The molecule has 0 aromatic heterocycles. The van der Waals surface area contributed by atoms with Gasteiger partial charge in [0.05, 0.1) is 6.42 Å². The van der Waals surface area contributed by atoms with E-state index in [0.29, 0.717) is 0 Å². The van der Waals surface area contributed by atoms with E-state index in [9.17, 15) is 9.18 Å². The third kappa shape index (κ3) is 2.43. The number of halogens is 1. The van der Waals surface area contributed by atoms with Crippen molar-refractivity contribution >= 4 is 5.97 Å². The second-order valence-electron chi connectivity index (χ2n) is 2.91. The van der Waals surface area contributed by atoms with Crippen molar-refractivity contribution in [2.24, 2.45) is 5.73 Å². The molecule has 0 aliphatic carbocycles. The molecule has 0 spiro atoms. The number of carboxylic acids is 1. The van der Waals surface area contributed by atoms with Crippen LogP contribution >= 0.6 is 0 Å². The molecule has 0 aliphatic heterocycles. The lowest BCUT2D eigenvalue weighted by Crippen LogP contribution is -2.16. The number of aromatic hydroxyl groups is 1. The van der Waals surface area contributed by atoms with Gasteiger partial charge in [-0.05, 0) is 18.2 Å². The molecule has 1 rings (SSSR count). The zero-order valence-corrected chi connectivity index (χ0v) is 7.27. The topological polar surface area (TPSA) is 83.6 Å². The average Bonchev–Trinajstić information content (AvgIpc) is 2.08. The molecular weight excluding hydrogens is 189 g/mol. The third-order valence-corrected chi connectivity index (χ3v) is 1.77. The highest BCUT2D eigenvalue weighted by molar-refractivity contribution is 5.67. The summed E-state index contributed by atoms with van der Waals surface area (Å²) in [6.45, 7) is 0. The predicted molar refractivity (Wildman–Crippen MR) is 47.2 cm³/mol. The van der Waals surface area contributed by atoms with Crippen molar-refractivity contribution in [2.45, 2.75) is 12.5 Å². The minimum Gasteiger partial charge on any atom is -0.508 e. The summed E-state index contributed by atoms with van der Waals surface area (Å²) in [5.74, 6) is -1.86. The highest BCUT2D eigenvalue weighted by Crippen LogP contribution is 2.22. The highest BCUT2D eigenvalue weighted by Gasteiger charge is 2.15. The first-order valence-corrected chi connectivity index (χ1v) is 3.96. The first-order chi connectivity index (χ1) is 6.50. The number of carboxylic acid groups (broad SMARTS) is 1. The molecule has 1 aromatic rings. The van der Waals surface area contributed by atoms with Crippen LogP contribution < -0.4 is 5.73 Å². The Balaban J connectivity index is 2.93. The number of benzene rings is 1. The van der Waals surface area contributed by atoms with E-state index >= 15 is 0 Å². The van der Waals surface area contributed by atoms with Crippen LogP contribution in [0.1, 0.15) is 18.0 Å². The molecule has 0 saturated heterocycles. The fourth-order valence-corrected chi connectivity index (χ4v) is 1.11. The lowest BCUT2D eigenvalue weighted by atomic mass is 10.0. The van der Waals surface area contributed by atoms with Gasteiger partial charge in [-0.2, -0.15) is 0 Å². The number of hydrogen-bond donors (Lipinski definition) is 3. The van der Waals surface area contributed by atoms with Gasteiger partial charge in [0.1, 0.15) is 11.6 Å². The van der Waals surface area contributed by atoms with Gasteiger partial charge in [0.2, 0.25) is 0 Å². The number of carbonyl (C=O) groups is 1. The van der Waals surface area contributed by atoms with E-state index in [1.165, 1.54) is 6.07 Å². The number of phenolic OH excluding ortho intramolecular Hbond substituents is 1. The summed E-state index contributed by atoms with van der Waals surface area (Å²) in [5.41, 5.74) is 5.44. The molecule has 0 aliphatic rings. The lowest BCUT2D eigenvalue weighted by Gasteiger charge is -2.10. The van der Waals surface area contributed by atoms with E-state index in [2.05, 4.69) is 0 Å². The van der Waals surface area contributed by atoms with Crippen molar-refractivity contribution in [1.82, 2.24) is 0 Å². The smallest absolute Gasteiger partial charge is 0.305 e. The molecule has 76 valence electrons. The zero-order valence-electron chi connectivity index (χ0n) is 7.27. The van der Waals surface area contributed by atoms with Crippen LogP contribution in [-0.4, -0.2) is 16.2 Å². The molecule has 5 heteroatoms. The van der Waals surface area contributed by atoms with Gasteiger partial charge in [0.15, 0.2) is 0 Å². The maximum Gasteiger partial charge on any atom is 0.305 e. The van der Waals surface area contributed by atoms with Gasteiger partial charge in [0, 0.05) is 11.6 Å². The normalized spacial score (nSPS) is 12.4. The number of aliphatic carboxylic acids is 1. The van der Waals surface area contributed by atoms with Crippen molar-refractivity contribution < 1.29 is 19.4 Å². The van der Waals surface area contributed by atoms with Crippen molar-refractivity contribution in [1.29, 1.82) is 0 Å². The fourth-order valence-electron chi connectivity index (χ4n) is 1.11. The molecule has 4 N–H and O–H groups in total. The standard InChI is InChI=1S/C9H10FNO3/c10-7-2-1-5(12)3-6(7)8(11)4-9(13)14/h1-3,8,12H,4,11H2,(H,13,14). The van der Waals surface area contributed by atoms with Crippen molar-refractivity contribution in [3.05, 3.63) is 29.6 Å². The quantitative estimate of drug-likeness (QED) is 0.678. The van der Waals surface area contributed by atoms with Crippen LogP contribution in [0.25, 0.3) is 0 Å². The summed E-state index contributed by atoms with van der Waals surface area (Å²) >= 11 is 0. The second kappa shape index (κ2) is 4.06. The maximum atomic E-state index is 13.1. The number of nitrogens with two attached hydrogens (primary N) is 1. The monoisotopic (exact) mass is 199 g/mol. The number of phenols is 1. The molecule has 0 saturated carbocycles. The molecule has 0 radical (unpaired) electrons. The Bertz CT molecular complexity index is 354. The van der Waals surface area contributed by atoms with Crippen LogP contribution in [0, 0.1) is 5.82 Å². The molecule has 1 unspecified atom stereocenters. The molecule has 4 nitrogen and oxygen atoms in total. The first-order valence-electron chi connectivity index (χ1n) is 3.96. The fraction of sp³-hybridized carbons (Fsp3) is 0.222. The molecular formula is C9H10FNO3. The van der Waals surface area contributed by atoms with Crippen LogP contribution in [0.3, 0.4) is 0 Å². The summed E-state index contributed by atoms with van der Waals surface area (Å²) in [7, 11) is 0. The average molecular weight is 199 g/mol. The Morgan fingerprint density at radius 2 is 2.21 bits per heavy atom. The van der Waals surface area contributed by atoms with Gasteiger partial charge in [-0.25, -0.2) is 4.39 Å². The van der Waals surface area contributed by atoms with Gasteiger partial charge < -0.3 is 15.9 Å². The van der Waals surface area contributed by atoms with Crippen LogP contribution in [0.15, 0.2) is 18.2 Å². The first kappa shape index (κ1) is 10.5. The summed E-state index contributed by atoms with van der Waals surface area (Å²) in [6, 6.07) is 2.40. The molecule has 0 bridgehead atoms. The lowest BCUT2D eigenvalue weighted by molar-refractivity contribution is -0.137. The molecule has 0 fully saturated rings. The van der Waals surface area contributed by atoms with Crippen molar-refractivity contribution in [3.63, 3.8) is 0 Å². The summed E-state index contributed by atoms with van der Waals surface area (Å²) in [5, 5.41) is 17.5. The Kier molecular flexibility index (Phi) is 3.03. The summed E-state index contributed by atoms with van der Waals surface area (Å²) < 4.78 is 13.1. The van der Waals surface area contributed by atoms with Gasteiger partial charge >= 0.3 is 5.97 Å². The van der Waals surface area contributed by atoms with Crippen LogP contribution in [0.5, 0.6) is 5.75 Å². The van der Waals surface area contributed by atoms with Gasteiger partial charge in [-0.3, -0.25) is 4.79 Å². The molecule has 1 atom stereocenters. The minimum atomic E-state index is -1.11. The van der Waals surface area contributed by atoms with Crippen LogP contribution in [0.4, 0.5) is 4.39 Å². The van der Waals surface area contributed by atoms with E-state index in [1.54, 1.807) is 0 Å². The number of rotatable bonds is 3. The zero-order chi connectivity index (χ0) is 10.7. The van der Waals surface area contributed by atoms with Gasteiger partial charge in [0.25, 0.3) is 0 Å². The number of hydrogen-bond acceptors (Lipinski definition) is 3. The van der Waals surface area contributed by atoms with E-state index in [-0.39, 0.29) is 17.7 Å². The van der Waals surface area contributed by atoms with E-state index < -0.39 is 17.8 Å². The summed E-state index contributed by atoms with van der Waals surface area (Å²) in [6.07, 6.45) is -0.375. The van der Waals surface area contributed by atoms with Gasteiger partial charge in [-0.1, -0.05) is 0 Å².